The molecule has 4 N–H and O–H groups in total. The number of hydrogen-bond donors (Lipinski definition) is 3. The van der Waals surface area contributed by atoms with Crippen LogP contribution in [0.25, 0.3) is 0 Å². The van der Waals surface area contributed by atoms with Crippen LogP contribution in [0.5, 0.6) is 0 Å². The lowest BCUT2D eigenvalue weighted by Crippen LogP contribution is -2.48. The summed E-state index contributed by atoms with van der Waals surface area (Å²) in [6.45, 7) is 4.89. The second kappa shape index (κ2) is 9.19. The van der Waals surface area contributed by atoms with Gasteiger partial charge in [0.25, 0.3) is 10.0 Å². The fourth-order valence-corrected chi connectivity index (χ4v) is 4.68. The van der Waals surface area contributed by atoms with Crippen LogP contribution in [0.15, 0.2) is 29.4 Å². The van der Waals surface area contributed by atoms with Crippen LogP contribution in [0.2, 0.25) is 0 Å². The quantitative estimate of drug-likeness (QED) is 0.570. The van der Waals surface area contributed by atoms with Crippen molar-refractivity contribution in [2.45, 2.75) is 63.2 Å². The molecular formula is C19H29N4O5S. The number of hydrogen-bond acceptors (Lipinski definition) is 6. The van der Waals surface area contributed by atoms with Gasteiger partial charge in [0.05, 0.1) is 18.6 Å². The lowest BCUT2D eigenvalue weighted by molar-refractivity contribution is -0.126. The summed E-state index contributed by atoms with van der Waals surface area (Å²) in [5.41, 5.74) is 4.44. The summed E-state index contributed by atoms with van der Waals surface area (Å²) in [4.78, 5) is 27.5. The van der Waals surface area contributed by atoms with Crippen LogP contribution in [0.4, 0.5) is 0 Å². The molecule has 3 atom stereocenters. The molecule has 1 aromatic heterocycles. The van der Waals surface area contributed by atoms with Gasteiger partial charge in [0, 0.05) is 24.2 Å². The number of aliphatic hydroxyl groups is 1. The Morgan fingerprint density at radius 2 is 2.07 bits per heavy atom. The Hall–Kier alpha value is -2.04. The Bertz CT molecular complexity index is 828. The number of sulfonamides is 1. The van der Waals surface area contributed by atoms with E-state index < -0.39 is 39.4 Å². The van der Waals surface area contributed by atoms with Gasteiger partial charge in [0.1, 0.15) is 0 Å². The number of β-amino-alcohol motifs (C(OH)–C–C–N with tert-alkyl or cyclic N) is 1. The molecule has 0 aromatic carbocycles. The van der Waals surface area contributed by atoms with E-state index in [0.29, 0.717) is 12.8 Å². The van der Waals surface area contributed by atoms with E-state index in [-0.39, 0.29) is 24.0 Å². The summed E-state index contributed by atoms with van der Waals surface area (Å²) in [5.74, 6) is -0.947. The second-order valence-corrected chi connectivity index (χ2v) is 9.85. The van der Waals surface area contributed by atoms with Gasteiger partial charge >= 0.3 is 0 Å². The molecule has 1 aliphatic heterocycles. The monoisotopic (exact) mass is 425 g/mol. The number of aliphatic hydroxyl groups excluding tert-OH is 1. The Labute approximate surface area is 171 Å². The van der Waals surface area contributed by atoms with E-state index in [1.807, 2.05) is 0 Å². The Kier molecular flexibility index (Phi) is 7.36. The summed E-state index contributed by atoms with van der Waals surface area (Å²) < 4.78 is 27.1. The van der Waals surface area contributed by atoms with Crippen molar-refractivity contribution in [3.63, 3.8) is 0 Å². The van der Waals surface area contributed by atoms with Gasteiger partial charge in [-0.3, -0.25) is 9.59 Å². The summed E-state index contributed by atoms with van der Waals surface area (Å²) in [6, 6.07) is 3.65. The van der Waals surface area contributed by atoms with E-state index in [1.54, 1.807) is 32.9 Å². The molecule has 1 aliphatic rings. The number of aromatic nitrogens is 1. The minimum atomic E-state index is -3.87. The first kappa shape index (κ1) is 23.2. The van der Waals surface area contributed by atoms with Crippen molar-refractivity contribution in [2.75, 3.05) is 6.54 Å². The van der Waals surface area contributed by atoms with E-state index in [1.165, 1.54) is 23.0 Å². The van der Waals surface area contributed by atoms with Gasteiger partial charge in [-0.05, 0) is 38.3 Å². The summed E-state index contributed by atoms with van der Waals surface area (Å²) >= 11 is 0. The van der Waals surface area contributed by atoms with Crippen molar-refractivity contribution >= 4 is 21.8 Å². The molecular weight excluding hydrogens is 396 g/mol. The number of nitrogens with zero attached hydrogens (tertiary/aromatic N) is 2. The average Bonchev–Trinajstić information content (AvgIpc) is 2.81. The van der Waals surface area contributed by atoms with Crippen LogP contribution in [0, 0.1) is 11.8 Å². The molecule has 1 radical (unpaired) electrons. The number of amides is 2. The smallest absolute Gasteiger partial charge is 0.260 e. The van der Waals surface area contributed by atoms with E-state index >= 15 is 0 Å². The molecule has 161 valence electrons. The van der Waals surface area contributed by atoms with E-state index in [2.05, 4.69) is 10.3 Å². The van der Waals surface area contributed by atoms with Crippen LogP contribution in [0.3, 0.4) is 0 Å². The molecule has 10 heteroatoms. The predicted molar refractivity (Wildman–Crippen MR) is 107 cm³/mol. The molecule has 9 nitrogen and oxygen atoms in total. The molecule has 2 rings (SSSR count). The predicted octanol–water partition coefficient (Wildman–Crippen LogP) is 0.206. The Morgan fingerprint density at radius 3 is 2.66 bits per heavy atom. The largest absolute Gasteiger partial charge is 0.390 e. The second-order valence-electron chi connectivity index (χ2n) is 8.01. The van der Waals surface area contributed by atoms with Crippen molar-refractivity contribution < 1.29 is 23.1 Å². The number of nitrogens with one attached hydrogen (secondary N) is 1. The zero-order valence-corrected chi connectivity index (χ0v) is 17.7. The maximum absolute atomic E-state index is 12.9. The van der Waals surface area contributed by atoms with Gasteiger partial charge in [-0.2, -0.15) is 4.31 Å². The molecule has 2 amide bonds. The molecule has 0 unspecified atom stereocenters. The molecule has 0 bridgehead atoms. The molecule has 1 fully saturated rings. The minimum Gasteiger partial charge on any atom is -0.390 e. The third-order valence-corrected chi connectivity index (χ3v) is 7.12. The molecule has 1 saturated heterocycles. The fraction of sp³-hybridized carbons (Fsp3) is 0.579. The van der Waals surface area contributed by atoms with Crippen molar-refractivity contribution in [3.05, 3.63) is 30.8 Å². The van der Waals surface area contributed by atoms with Gasteiger partial charge in [0.2, 0.25) is 11.8 Å². The Morgan fingerprint density at radius 1 is 1.38 bits per heavy atom. The summed E-state index contributed by atoms with van der Waals surface area (Å²) in [5, 5.41) is 13.2. The van der Waals surface area contributed by atoms with Crippen LogP contribution < -0.4 is 11.1 Å². The van der Waals surface area contributed by atoms with Gasteiger partial charge in [-0.1, -0.05) is 19.9 Å². The van der Waals surface area contributed by atoms with Crippen LogP contribution in [-0.2, 0) is 19.6 Å². The summed E-state index contributed by atoms with van der Waals surface area (Å²) in [7, 11) is -3.87. The van der Waals surface area contributed by atoms with E-state index in [9.17, 15) is 23.1 Å². The number of carbonyl (C=O) groups excluding carboxylic acids is 2. The molecule has 1 aromatic rings. The standard InChI is InChI=1S/C19H29N4O5S/c1-13-7-8-14(22-16(25)9-10-19(2,3)18(20)26)15(24)12-23(13)29(27,28)17-6-4-5-11-21-17/h4-6,9,11,13-15,24H,7-8,10,12H2,1-3H3,(H2,20,26)(H,22,25)/t13-,14+,15+/m1/s1. The number of pyridine rings is 1. The molecule has 29 heavy (non-hydrogen) atoms. The topological polar surface area (TPSA) is 143 Å². The van der Waals surface area contributed by atoms with Crippen molar-refractivity contribution in [2.24, 2.45) is 11.1 Å². The first-order valence-electron chi connectivity index (χ1n) is 9.49. The minimum absolute atomic E-state index is 0.0800. The molecule has 0 aliphatic carbocycles. The third kappa shape index (κ3) is 5.74. The van der Waals surface area contributed by atoms with Crippen LogP contribution >= 0.6 is 0 Å². The number of nitrogens with two attached hydrogens (primary N) is 1. The van der Waals surface area contributed by atoms with Crippen molar-refractivity contribution in [3.8, 4) is 0 Å². The van der Waals surface area contributed by atoms with Gasteiger partial charge in [0.15, 0.2) is 5.03 Å². The normalized spacial score (nSPS) is 23.9. The highest BCUT2D eigenvalue weighted by Gasteiger charge is 2.37. The number of rotatable bonds is 7. The van der Waals surface area contributed by atoms with Gasteiger partial charge in [-0.25, -0.2) is 13.4 Å². The number of carbonyl (C=O) groups is 2. The highest BCUT2D eigenvalue weighted by atomic mass is 32.2. The zero-order valence-electron chi connectivity index (χ0n) is 16.9. The van der Waals surface area contributed by atoms with Gasteiger partial charge in [-0.15, -0.1) is 0 Å². The highest BCUT2D eigenvalue weighted by Crippen LogP contribution is 2.25. The van der Waals surface area contributed by atoms with Gasteiger partial charge < -0.3 is 16.2 Å². The van der Waals surface area contributed by atoms with E-state index in [4.69, 9.17) is 5.73 Å². The van der Waals surface area contributed by atoms with Crippen molar-refractivity contribution in [1.82, 2.24) is 14.6 Å². The highest BCUT2D eigenvalue weighted by molar-refractivity contribution is 7.89. The van der Waals surface area contributed by atoms with Crippen molar-refractivity contribution in [1.29, 1.82) is 0 Å². The summed E-state index contributed by atoms with van der Waals surface area (Å²) in [6.07, 6.45) is 2.68. The third-order valence-electron chi connectivity index (χ3n) is 5.22. The molecule has 0 saturated carbocycles. The zero-order chi connectivity index (χ0) is 21.8. The molecule has 2 heterocycles. The first-order chi connectivity index (χ1) is 13.4. The SMILES string of the molecule is C[C@@H]1CC[C@H](NC(=O)[CH]CC(C)(C)C(N)=O)[C@@H](O)CN1S(=O)(=O)c1ccccn1. The van der Waals surface area contributed by atoms with E-state index in [0.717, 1.165) is 0 Å². The Balaban J connectivity index is 2.05. The van der Waals surface area contributed by atoms with Crippen LogP contribution in [0.1, 0.15) is 40.0 Å². The molecule has 0 spiro atoms. The first-order valence-corrected chi connectivity index (χ1v) is 10.9. The maximum Gasteiger partial charge on any atom is 0.260 e. The number of primary amides is 1. The average molecular weight is 426 g/mol. The lowest BCUT2D eigenvalue weighted by Gasteiger charge is -2.27. The lowest BCUT2D eigenvalue weighted by atomic mass is 9.87. The van der Waals surface area contributed by atoms with Crippen LogP contribution in [-0.4, -0.2) is 59.4 Å². The maximum atomic E-state index is 12.9. The fourth-order valence-electron chi connectivity index (χ4n) is 3.06.